The lowest BCUT2D eigenvalue weighted by Crippen LogP contribution is -2.50. The Labute approximate surface area is 156 Å². The molecule has 3 rings (SSSR count). The maximum atomic E-state index is 12.1. The van der Waals surface area contributed by atoms with Gasteiger partial charge in [0.15, 0.2) is 11.5 Å². The molecule has 12 heteroatoms. The molecule has 0 fully saturated rings. The van der Waals surface area contributed by atoms with Crippen molar-refractivity contribution in [1.82, 2.24) is 10.9 Å². The van der Waals surface area contributed by atoms with Gasteiger partial charge in [0.25, 0.3) is 23.2 Å². The molecule has 1 atom stereocenters. The fraction of sp³-hybridized carbons (Fsp3) is 0.125. The number of nitrogens with zero attached hydrogens (tertiary/aromatic N) is 2. The number of nitro groups is 2. The van der Waals surface area contributed by atoms with Gasteiger partial charge in [0.1, 0.15) is 6.61 Å². The normalized spacial score (nSPS) is 14.6. The van der Waals surface area contributed by atoms with Gasteiger partial charge >= 0.3 is 0 Å². The molecule has 1 aliphatic heterocycles. The van der Waals surface area contributed by atoms with Gasteiger partial charge in [-0.3, -0.25) is 40.7 Å². The molecule has 12 nitrogen and oxygen atoms in total. The van der Waals surface area contributed by atoms with Crippen LogP contribution in [-0.4, -0.2) is 34.4 Å². The highest BCUT2D eigenvalue weighted by Gasteiger charge is 2.28. The number of non-ortho nitro benzene ring substituents is 2. The highest BCUT2D eigenvalue weighted by molar-refractivity contribution is 5.97. The second kappa shape index (κ2) is 7.57. The van der Waals surface area contributed by atoms with Crippen LogP contribution in [0.3, 0.4) is 0 Å². The van der Waals surface area contributed by atoms with Crippen LogP contribution in [0.5, 0.6) is 11.5 Å². The average Bonchev–Trinajstić information content (AvgIpc) is 2.70. The summed E-state index contributed by atoms with van der Waals surface area (Å²) in [5, 5.41) is 21.7. The molecule has 2 aromatic carbocycles. The minimum Gasteiger partial charge on any atom is -0.485 e. The Bertz CT molecular complexity index is 945. The molecule has 2 N–H and O–H groups in total. The molecule has 2 aromatic rings. The summed E-state index contributed by atoms with van der Waals surface area (Å²) in [6.07, 6.45) is -1.05. The lowest BCUT2D eigenvalue weighted by atomic mass is 10.1. The molecule has 0 radical (unpaired) electrons. The van der Waals surface area contributed by atoms with Gasteiger partial charge in [0.2, 0.25) is 6.10 Å². The number of hydrazine groups is 1. The number of hydrogen-bond acceptors (Lipinski definition) is 8. The second-order valence-electron chi connectivity index (χ2n) is 5.56. The molecule has 0 aliphatic carbocycles. The molecule has 0 saturated carbocycles. The van der Waals surface area contributed by atoms with Crippen LogP contribution in [0.2, 0.25) is 0 Å². The fourth-order valence-corrected chi connectivity index (χ4v) is 2.36. The standard InChI is InChI=1S/C16H12N4O8/c21-15(9-5-10(19(23)24)7-11(6-9)20(25)26)17-18-16(22)14-8-27-12-3-1-2-4-13(12)28-14/h1-7,14H,8H2,(H,17,21)(H,18,22)/t14-/m0/s1. The van der Waals surface area contributed by atoms with E-state index in [0.717, 1.165) is 18.2 Å². The van der Waals surface area contributed by atoms with E-state index < -0.39 is 39.1 Å². The van der Waals surface area contributed by atoms with Crippen LogP contribution in [0.15, 0.2) is 42.5 Å². The van der Waals surface area contributed by atoms with Gasteiger partial charge in [0.05, 0.1) is 21.5 Å². The first-order valence-electron chi connectivity index (χ1n) is 7.77. The summed E-state index contributed by atoms with van der Waals surface area (Å²) < 4.78 is 10.9. The van der Waals surface area contributed by atoms with Gasteiger partial charge < -0.3 is 9.47 Å². The SMILES string of the molecule is O=C(NNC(=O)[C@@H]1COc2ccccc2O1)c1cc([N+](=O)[O-])cc([N+](=O)[O-])c1. The van der Waals surface area contributed by atoms with E-state index in [0.29, 0.717) is 11.5 Å². The number of amides is 2. The number of para-hydroxylation sites is 2. The van der Waals surface area contributed by atoms with E-state index in [4.69, 9.17) is 9.47 Å². The molecule has 144 valence electrons. The number of carbonyl (C=O) groups is 2. The summed E-state index contributed by atoms with van der Waals surface area (Å²) in [5.74, 6) is -0.880. The third-order valence-corrected chi connectivity index (χ3v) is 3.69. The maximum absolute atomic E-state index is 12.1. The van der Waals surface area contributed by atoms with Crippen LogP contribution in [0.25, 0.3) is 0 Å². The number of carbonyl (C=O) groups excluding carboxylic acids is 2. The quantitative estimate of drug-likeness (QED) is 0.581. The number of ether oxygens (including phenoxy) is 2. The lowest BCUT2D eigenvalue weighted by Gasteiger charge is -2.25. The second-order valence-corrected chi connectivity index (χ2v) is 5.56. The first-order chi connectivity index (χ1) is 13.3. The van der Waals surface area contributed by atoms with Crippen LogP contribution >= 0.6 is 0 Å². The number of hydrogen-bond donors (Lipinski definition) is 2. The molecule has 0 saturated heterocycles. The Morgan fingerprint density at radius 3 is 2.18 bits per heavy atom. The third kappa shape index (κ3) is 3.95. The summed E-state index contributed by atoms with van der Waals surface area (Å²) >= 11 is 0. The zero-order valence-corrected chi connectivity index (χ0v) is 14.0. The Morgan fingerprint density at radius 1 is 0.964 bits per heavy atom. The van der Waals surface area contributed by atoms with Crippen molar-refractivity contribution < 1.29 is 28.9 Å². The highest BCUT2D eigenvalue weighted by atomic mass is 16.6. The topological polar surface area (TPSA) is 163 Å². The summed E-state index contributed by atoms with van der Waals surface area (Å²) in [6.45, 7) is -0.0962. The van der Waals surface area contributed by atoms with Crippen molar-refractivity contribution in [1.29, 1.82) is 0 Å². The lowest BCUT2D eigenvalue weighted by molar-refractivity contribution is -0.394. The van der Waals surface area contributed by atoms with Crippen LogP contribution in [0, 0.1) is 20.2 Å². The van der Waals surface area contributed by atoms with Gasteiger partial charge in [-0.15, -0.1) is 0 Å². The van der Waals surface area contributed by atoms with Crippen LogP contribution in [0.1, 0.15) is 10.4 Å². The number of rotatable bonds is 4. The average molecular weight is 388 g/mol. The molecule has 1 heterocycles. The summed E-state index contributed by atoms with van der Waals surface area (Å²) in [4.78, 5) is 44.3. The van der Waals surface area contributed by atoms with Gasteiger partial charge in [0, 0.05) is 12.1 Å². The molecular formula is C16H12N4O8. The third-order valence-electron chi connectivity index (χ3n) is 3.69. The van der Waals surface area contributed by atoms with Crippen LogP contribution in [0.4, 0.5) is 11.4 Å². The summed E-state index contributed by atoms with van der Waals surface area (Å²) in [6, 6.07) is 9.13. The molecule has 2 amide bonds. The first-order valence-corrected chi connectivity index (χ1v) is 7.77. The Balaban J connectivity index is 1.66. The molecule has 0 bridgehead atoms. The smallest absolute Gasteiger partial charge is 0.283 e. The molecule has 28 heavy (non-hydrogen) atoms. The molecule has 1 aliphatic rings. The molecule has 0 spiro atoms. The van der Waals surface area contributed by atoms with Crippen molar-refractivity contribution in [2.75, 3.05) is 6.61 Å². The Morgan fingerprint density at radius 2 is 1.57 bits per heavy atom. The van der Waals surface area contributed by atoms with E-state index >= 15 is 0 Å². The van der Waals surface area contributed by atoms with E-state index in [-0.39, 0.29) is 12.2 Å². The van der Waals surface area contributed by atoms with E-state index in [2.05, 4.69) is 5.43 Å². The predicted molar refractivity (Wildman–Crippen MR) is 91.7 cm³/mol. The number of nitro benzene ring substituents is 2. The number of fused-ring (bicyclic) bond motifs is 1. The molecular weight excluding hydrogens is 376 g/mol. The zero-order chi connectivity index (χ0) is 20.3. The fourth-order valence-electron chi connectivity index (χ4n) is 2.36. The predicted octanol–water partition coefficient (Wildman–Crippen LogP) is 1.10. The van der Waals surface area contributed by atoms with Crippen molar-refractivity contribution >= 4 is 23.2 Å². The van der Waals surface area contributed by atoms with Crippen molar-refractivity contribution in [3.63, 3.8) is 0 Å². The molecule has 0 aromatic heterocycles. The first kappa shape index (κ1) is 18.6. The van der Waals surface area contributed by atoms with Crippen molar-refractivity contribution in [2.45, 2.75) is 6.10 Å². The van der Waals surface area contributed by atoms with E-state index in [1.807, 2.05) is 5.43 Å². The number of benzene rings is 2. The minimum atomic E-state index is -1.05. The molecule has 0 unspecified atom stereocenters. The monoisotopic (exact) mass is 388 g/mol. The van der Waals surface area contributed by atoms with Crippen LogP contribution in [-0.2, 0) is 4.79 Å². The van der Waals surface area contributed by atoms with Gasteiger partial charge in [-0.1, -0.05) is 12.1 Å². The van der Waals surface area contributed by atoms with E-state index in [1.165, 1.54) is 0 Å². The Hall–Kier alpha value is -4.22. The van der Waals surface area contributed by atoms with Crippen molar-refractivity contribution in [3.8, 4) is 11.5 Å². The van der Waals surface area contributed by atoms with Crippen molar-refractivity contribution in [2.24, 2.45) is 0 Å². The van der Waals surface area contributed by atoms with E-state index in [1.54, 1.807) is 24.3 Å². The van der Waals surface area contributed by atoms with Gasteiger partial charge in [-0.05, 0) is 12.1 Å². The van der Waals surface area contributed by atoms with Gasteiger partial charge in [-0.2, -0.15) is 0 Å². The zero-order valence-electron chi connectivity index (χ0n) is 14.0. The van der Waals surface area contributed by atoms with Gasteiger partial charge in [-0.25, -0.2) is 0 Å². The Kier molecular flexibility index (Phi) is 5.02. The highest BCUT2D eigenvalue weighted by Crippen LogP contribution is 2.30. The van der Waals surface area contributed by atoms with Crippen molar-refractivity contribution in [3.05, 3.63) is 68.3 Å². The maximum Gasteiger partial charge on any atom is 0.283 e. The summed E-state index contributed by atoms with van der Waals surface area (Å²) in [5.41, 5.74) is 2.49. The largest absolute Gasteiger partial charge is 0.485 e. The summed E-state index contributed by atoms with van der Waals surface area (Å²) in [7, 11) is 0. The number of nitrogens with one attached hydrogen (secondary N) is 2. The van der Waals surface area contributed by atoms with Crippen LogP contribution < -0.4 is 20.3 Å². The minimum absolute atomic E-state index is 0.0962. The van der Waals surface area contributed by atoms with E-state index in [9.17, 15) is 29.8 Å².